The van der Waals surface area contributed by atoms with Crippen LogP contribution in [0, 0.1) is 0 Å². The Morgan fingerprint density at radius 2 is 1.41 bits per heavy atom. The molecule has 9 heteroatoms. The SMILES string of the molecule is FC(F)(F)c1cc(COCC2NCCNC2c2ccccc2)cc(C(F)(F)F)c1. The molecule has 2 atom stereocenters. The minimum absolute atomic E-state index is 0.0720. The van der Waals surface area contributed by atoms with Gasteiger partial charge in [-0.3, -0.25) is 0 Å². The van der Waals surface area contributed by atoms with Crippen molar-refractivity contribution in [2.24, 2.45) is 0 Å². The highest BCUT2D eigenvalue weighted by Gasteiger charge is 2.37. The van der Waals surface area contributed by atoms with Crippen molar-refractivity contribution in [2.45, 2.75) is 31.0 Å². The molecule has 2 aromatic carbocycles. The van der Waals surface area contributed by atoms with E-state index in [1.54, 1.807) is 0 Å². The molecule has 0 radical (unpaired) electrons. The van der Waals surface area contributed by atoms with Gasteiger partial charge >= 0.3 is 12.4 Å². The van der Waals surface area contributed by atoms with Gasteiger partial charge in [0.05, 0.1) is 30.4 Å². The Bertz CT molecular complexity index is 775. The van der Waals surface area contributed by atoms with Crippen LogP contribution in [0.1, 0.15) is 28.3 Å². The highest BCUT2D eigenvalue weighted by molar-refractivity contribution is 5.33. The second-order valence-corrected chi connectivity index (χ2v) is 6.83. The van der Waals surface area contributed by atoms with Crippen molar-refractivity contribution in [1.29, 1.82) is 0 Å². The Hall–Kier alpha value is -2.10. The summed E-state index contributed by atoms with van der Waals surface area (Å²) in [4.78, 5) is 0. The second-order valence-electron chi connectivity index (χ2n) is 6.83. The molecule has 2 aromatic rings. The van der Waals surface area contributed by atoms with Crippen molar-refractivity contribution >= 4 is 0 Å². The molecule has 1 aliphatic heterocycles. The van der Waals surface area contributed by atoms with Gasteiger partial charge in [0, 0.05) is 19.1 Å². The van der Waals surface area contributed by atoms with E-state index in [1.165, 1.54) is 0 Å². The minimum Gasteiger partial charge on any atom is -0.375 e. The van der Waals surface area contributed by atoms with Gasteiger partial charge in [0.2, 0.25) is 0 Å². The van der Waals surface area contributed by atoms with Gasteiger partial charge in [-0.15, -0.1) is 0 Å². The van der Waals surface area contributed by atoms with E-state index in [4.69, 9.17) is 4.74 Å². The maximum Gasteiger partial charge on any atom is 0.416 e. The van der Waals surface area contributed by atoms with Gasteiger partial charge in [0.25, 0.3) is 0 Å². The van der Waals surface area contributed by atoms with Crippen LogP contribution in [0.2, 0.25) is 0 Å². The number of hydrogen-bond donors (Lipinski definition) is 2. The molecule has 3 rings (SSSR count). The number of hydrogen-bond acceptors (Lipinski definition) is 3. The van der Waals surface area contributed by atoms with Gasteiger partial charge in [0.15, 0.2) is 0 Å². The second kappa shape index (κ2) is 8.73. The standard InChI is InChI=1S/C20H20F6N2O/c21-19(22,23)15-8-13(9-16(10-15)20(24,25)26)11-29-12-17-18(28-7-6-27-17)14-4-2-1-3-5-14/h1-5,8-10,17-18,27-28H,6-7,11-12H2. The average molecular weight is 418 g/mol. The average Bonchev–Trinajstić information content (AvgIpc) is 2.67. The molecule has 1 fully saturated rings. The zero-order chi connectivity index (χ0) is 21.1. The normalized spacial score (nSPS) is 20.6. The Morgan fingerprint density at radius 3 is 2.00 bits per heavy atom. The largest absolute Gasteiger partial charge is 0.416 e. The molecule has 29 heavy (non-hydrogen) atoms. The predicted molar refractivity (Wildman–Crippen MR) is 95.1 cm³/mol. The Labute approximate surface area is 164 Å². The van der Waals surface area contributed by atoms with Crippen LogP contribution in [0.4, 0.5) is 26.3 Å². The van der Waals surface area contributed by atoms with Crippen LogP contribution in [0.25, 0.3) is 0 Å². The number of piperazine rings is 1. The number of halogens is 6. The van der Waals surface area contributed by atoms with Crippen molar-refractivity contribution in [3.8, 4) is 0 Å². The molecule has 0 aromatic heterocycles. The summed E-state index contributed by atoms with van der Waals surface area (Å²) in [7, 11) is 0. The highest BCUT2D eigenvalue weighted by atomic mass is 19.4. The molecule has 2 unspecified atom stereocenters. The fourth-order valence-corrected chi connectivity index (χ4v) is 3.32. The van der Waals surface area contributed by atoms with Gasteiger partial charge in [-0.1, -0.05) is 30.3 Å². The van der Waals surface area contributed by atoms with Gasteiger partial charge < -0.3 is 15.4 Å². The van der Waals surface area contributed by atoms with E-state index in [9.17, 15) is 26.3 Å². The van der Waals surface area contributed by atoms with E-state index in [-0.39, 0.29) is 36.9 Å². The van der Waals surface area contributed by atoms with E-state index in [1.807, 2.05) is 30.3 Å². The lowest BCUT2D eigenvalue weighted by Crippen LogP contribution is -2.52. The Kier molecular flexibility index (Phi) is 6.50. The van der Waals surface area contributed by atoms with Crippen LogP contribution in [0.15, 0.2) is 48.5 Å². The lowest BCUT2D eigenvalue weighted by Gasteiger charge is -2.34. The van der Waals surface area contributed by atoms with E-state index in [2.05, 4.69) is 10.6 Å². The third-order valence-electron chi connectivity index (χ3n) is 4.67. The third kappa shape index (κ3) is 5.71. The van der Waals surface area contributed by atoms with Crippen molar-refractivity contribution in [3.05, 3.63) is 70.8 Å². The summed E-state index contributed by atoms with van der Waals surface area (Å²) in [6.07, 6.45) is -9.74. The molecule has 0 saturated carbocycles. The fraction of sp³-hybridized carbons (Fsp3) is 0.400. The molecule has 3 nitrogen and oxygen atoms in total. The lowest BCUT2D eigenvalue weighted by molar-refractivity contribution is -0.143. The Morgan fingerprint density at radius 1 is 0.828 bits per heavy atom. The van der Waals surface area contributed by atoms with E-state index < -0.39 is 23.5 Å². The zero-order valence-electron chi connectivity index (χ0n) is 15.3. The molecular formula is C20H20F6N2O. The third-order valence-corrected chi connectivity index (χ3v) is 4.67. The maximum atomic E-state index is 13.0. The molecule has 1 heterocycles. The Balaban J connectivity index is 1.70. The quantitative estimate of drug-likeness (QED) is 0.700. The number of benzene rings is 2. The number of rotatable bonds is 5. The number of nitrogens with one attached hydrogen (secondary N) is 2. The summed E-state index contributed by atoms with van der Waals surface area (Å²) in [5.41, 5.74) is -1.84. The first-order valence-corrected chi connectivity index (χ1v) is 9.02. The molecule has 158 valence electrons. The van der Waals surface area contributed by atoms with E-state index in [0.717, 1.165) is 12.1 Å². The smallest absolute Gasteiger partial charge is 0.375 e. The van der Waals surface area contributed by atoms with Gasteiger partial charge in [0.1, 0.15) is 0 Å². The monoisotopic (exact) mass is 418 g/mol. The van der Waals surface area contributed by atoms with Crippen LogP contribution in [0.5, 0.6) is 0 Å². The predicted octanol–water partition coefficient (Wildman–Crippen LogP) is 4.54. The first kappa shape index (κ1) is 21.6. The summed E-state index contributed by atoms with van der Waals surface area (Å²) in [5.74, 6) is 0. The molecule has 0 spiro atoms. The molecule has 0 amide bonds. The van der Waals surface area contributed by atoms with Crippen molar-refractivity contribution in [1.82, 2.24) is 10.6 Å². The van der Waals surface area contributed by atoms with E-state index >= 15 is 0 Å². The maximum absolute atomic E-state index is 13.0. The molecule has 0 bridgehead atoms. The summed E-state index contributed by atoms with van der Waals surface area (Å²) in [5, 5.41) is 6.63. The number of alkyl halides is 6. The fourth-order valence-electron chi connectivity index (χ4n) is 3.32. The first-order chi connectivity index (χ1) is 13.6. The summed E-state index contributed by atoms with van der Waals surface area (Å²) >= 11 is 0. The molecule has 0 aliphatic carbocycles. The lowest BCUT2D eigenvalue weighted by atomic mass is 9.98. The van der Waals surface area contributed by atoms with Crippen LogP contribution in [-0.2, 0) is 23.7 Å². The van der Waals surface area contributed by atoms with Crippen molar-refractivity contribution in [3.63, 3.8) is 0 Å². The van der Waals surface area contributed by atoms with Crippen LogP contribution < -0.4 is 10.6 Å². The van der Waals surface area contributed by atoms with Crippen LogP contribution >= 0.6 is 0 Å². The molecule has 1 saturated heterocycles. The topological polar surface area (TPSA) is 33.3 Å². The molecular weight excluding hydrogens is 398 g/mol. The summed E-state index contributed by atoms with van der Waals surface area (Å²) < 4.78 is 83.3. The summed E-state index contributed by atoms with van der Waals surface area (Å²) in [6.45, 7) is 1.19. The zero-order valence-corrected chi connectivity index (χ0v) is 15.3. The highest BCUT2D eigenvalue weighted by Crippen LogP contribution is 2.36. The van der Waals surface area contributed by atoms with Gasteiger partial charge in [-0.05, 0) is 29.3 Å². The van der Waals surface area contributed by atoms with Crippen molar-refractivity contribution in [2.75, 3.05) is 19.7 Å². The van der Waals surface area contributed by atoms with Gasteiger partial charge in [-0.25, -0.2) is 0 Å². The van der Waals surface area contributed by atoms with E-state index in [0.29, 0.717) is 18.7 Å². The minimum atomic E-state index is -4.87. The van der Waals surface area contributed by atoms with Crippen LogP contribution in [0.3, 0.4) is 0 Å². The number of ether oxygens (including phenoxy) is 1. The first-order valence-electron chi connectivity index (χ1n) is 9.02. The van der Waals surface area contributed by atoms with Crippen molar-refractivity contribution < 1.29 is 31.1 Å². The molecule has 2 N–H and O–H groups in total. The summed E-state index contributed by atoms with van der Waals surface area (Å²) in [6, 6.07) is 10.8. The van der Waals surface area contributed by atoms with Gasteiger partial charge in [-0.2, -0.15) is 26.3 Å². The van der Waals surface area contributed by atoms with Crippen LogP contribution in [-0.4, -0.2) is 25.7 Å². The molecule has 1 aliphatic rings.